The molecule has 1 spiro atoms. The molecule has 4 atom stereocenters. The van der Waals surface area contributed by atoms with Crippen molar-refractivity contribution in [3.8, 4) is 5.75 Å². The summed E-state index contributed by atoms with van der Waals surface area (Å²) in [6.07, 6.45) is 0.502. The summed E-state index contributed by atoms with van der Waals surface area (Å²) in [5, 5.41) is 9.88. The van der Waals surface area contributed by atoms with Gasteiger partial charge < -0.3 is 26.4 Å². The van der Waals surface area contributed by atoms with Gasteiger partial charge in [0.25, 0.3) is 0 Å². The fourth-order valence-corrected chi connectivity index (χ4v) is 6.74. The maximum Gasteiger partial charge on any atom is 0.248 e. The summed E-state index contributed by atoms with van der Waals surface area (Å²) in [5.41, 5.74) is 5.91. The molecular formula is C31H31Cl2FN4O4. The summed E-state index contributed by atoms with van der Waals surface area (Å²) in [6.45, 7) is 6.14. The number of amides is 3. The topological polar surface area (TPSA) is 123 Å². The zero-order chi connectivity index (χ0) is 30.6. The third-order valence-corrected chi connectivity index (χ3v) is 8.35. The first-order valence-corrected chi connectivity index (χ1v) is 14.1. The number of fused-ring (bicyclic) bond motifs is 2. The molecule has 2 aliphatic rings. The van der Waals surface area contributed by atoms with Crippen LogP contribution in [0.4, 0.5) is 15.8 Å². The number of nitrogens with two attached hydrogens (primary N) is 1. The van der Waals surface area contributed by atoms with Crippen LogP contribution in [0, 0.1) is 11.2 Å². The van der Waals surface area contributed by atoms with Gasteiger partial charge in [0, 0.05) is 33.3 Å². The SMILES string of the molecule is COc1cc(C(N)=O)ccc1NC(=O)[C@@H]1N[C@@H](CC(C)(C)C)C2(C(=O)Nc3cc(Cl)ccc32)[C@H]1c1cc(F)cc(Cl)c1. The summed E-state index contributed by atoms with van der Waals surface area (Å²) >= 11 is 12.6. The fourth-order valence-electron chi connectivity index (χ4n) is 6.34. The van der Waals surface area contributed by atoms with Crippen LogP contribution >= 0.6 is 23.2 Å². The van der Waals surface area contributed by atoms with E-state index in [2.05, 4.69) is 16.0 Å². The molecule has 5 N–H and O–H groups in total. The van der Waals surface area contributed by atoms with Crippen LogP contribution in [0.2, 0.25) is 10.0 Å². The highest BCUT2D eigenvalue weighted by molar-refractivity contribution is 6.31. The summed E-state index contributed by atoms with van der Waals surface area (Å²) < 4.78 is 20.3. The average molecular weight is 614 g/mol. The van der Waals surface area contributed by atoms with E-state index in [1.54, 1.807) is 24.3 Å². The lowest BCUT2D eigenvalue weighted by molar-refractivity contribution is -0.122. The van der Waals surface area contributed by atoms with Crippen molar-refractivity contribution in [2.24, 2.45) is 11.1 Å². The molecule has 42 heavy (non-hydrogen) atoms. The highest BCUT2D eigenvalue weighted by Crippen LogP contribution is 2.57. The Kier molecular flexibility index (Phi) is 7.72. The lowest BCUT2D eigenvalue weighted by Gasteiger charge is -2.37. The molecule has 1 unspecified atom stereocenters. The van der Waals surface area contributed by atoms with E-state index in [0.717, 1.165) is 0 Å². The zero-order valence-corrected chi connectivity index (χ0v) is 25.0. The smallest absolute Gasteiger partial charge is 0.248 e. The van der Waals surface area contributed by atoms with Crippen LogP contribution in [0.1, 0.15) is 54.6 Å². The van der Waals surface area contributed by atoms with Crippen LogP contribution in [0.15, 0.2) is 54.6 Å². The monoisotopic (exact) mass is 612 g/mol. The van der Waals surface area contributed by atoms with Crippen molar-refractivity contribution in [2.45, 2.75) is 50.6 Å². The number of rotatable bonds is 6. The Morgan fingerprint density at radius 3 is 2.45 bits per heavy atom. The van der Waals surface area contributed by atoms with Gasteiger partial charge in [-0.25, -0.2) is 4.39 Å². The van der Waals surface area contributed by atoms with E-state index in [0.29, 0.717) is 33.9 Å². The predicted octanol–water partition coefficient (Wildman–Crippen LogP) is 5.63. The standard InChI is InChI=1S/C31H31Cl2FN4O4/c1-30(2,3)14-24-31(20-7-6-17(32)13-22(20)37-29(31)41)25(16-9-18(33)12-19(34)10-16)26(38-24)28(40)36-21-8-5-15(27(35)39)11-23(21)42-4/h5-13,24-26,38H,14H2,1-4H3,(H2,35,39)(H,36,40)(H,37,41)/t24-,25-,26+,31?/m0/s1. The molecule has 0 aromatic heterocycles. The molecule has 3 amide bonds. The van der Waals surface area contributed by atoms with Crippen molar-refractivity contribution in [2.75, 3.05) is 17.7 Å². The van der Waals surface area contributed by atoms with Crippen molar-refractivity contribution in [1.82, 2.24) is 5.32 Å². The number of carbonyl (C=O) groups excluding carboxylic acids is 3. The molecule has 220 valence electrons. The van der Waals surface area contributed by atoms with E-state index < -0.39 is 41.0 Å². The molecule has 3 aromatic carbocycles. The molecule has 2 aliphatic heterocycles. The molecule has 3 aromatic rings. The lowest BCUT2D eigenvalue weighted by atomic mass is 9.62. The van der Waals surface area contributed by atoms with Gasteiger partial charge in [0.1, 0.15) is 17.0 Å². The van der Waals surface area contributed by atoms with Crippen LogP contribution in [-0.4, -0.2) is 36.9 Å². The minimum absolute atomic E-state index is 0.136. The minimum atomic E-state index is -1.31. The number of benzene rings is 3. The molecule has 11 heteroatoms. The molecule has 8 nitrogen and oxygen atoms in total. The van der Waals surface area contributed by atoms with Crippen LogP contribution in [0.3, 0.4) is 0 Å². The van der Waals surface area contributed by atoms with Crippen molar-refractivity contribution >= 4 is 52.3 Å². The van der Waals surface area contributed by atoms with Crippen molar-refractivity contribution in [3.05, 3.63) is 87.2 Å². The molecular weight excluding hydrogens is 582 g/mol. The number of methoxy groups -OCH3 is 1. The first kappa shape index (κ1) is 29.8. The second kappa shape index (κ2) is 10.9. The van der Waals surface area contributed by atoms with Crippen molar-refractivity contribution in [1.29, 1.82) is 0 Å². The first-order chi connectivity index (χ1) is 19.7. The van der Waals surface area contributed by atoms with E-state index in [1.807, 2.05) is 20.8 Å². The molecule has 0 bridgehead atoms. The summed E-state index contributed by atoms with van der Waals surface area (Å²) in [5.74, 6) is -2.71. The van der Waals surface area contributed by atoms with E-state index in [1.165, 1.54) is 37.4 Å². The van der Waals surface area contributed by atoms with E-state index in [4.69, 9.17) is 33.7 Å². The van der Waals surface area contributed by atoms with Gasteiger partial charge in [-0.2, -0.15) is 0 Å². The van der Waals surface area contributed by atoms with Gasteiger partial charge >= 0.3 is 0 Å². The van der Waals surface area contributed by atoms with Crippen LogP contribution in [0.5, 0.6) is 5.75 Å². The fraction of sp³-hybridized carbons (Fsp3) is 0.323. The van der Waals surface area contributed by atoms with Gasteiger partial charge in [-0.05, 0) is 71.5 Å². The highest BCUT2D eigenvalue weighted by atomic mass is 35.5. The maximum atomic E-state index is 14.9. The summed E-state index contributed by atoms with van der Waals surface area (Å²) in [7, 11) is 1.40. The van der Waals surface area contributed by atoms with Gasteiger partial charge in [-0.1, -0.05) is 50.0 Å². The first-order valence-electron chi connectivity index (χ1n) is 13.4. The number of anilines is 2. The predicted molar refractivity (Wildman–Crippen MR) is 161 cm³/mol. The Morgan fingerprint density at radius 2 is 1.81 bits per heavy atom. The quantitative estimate of drug-likeness (QED) is 0.287. The van der Waals surface area contributed by atoms with Gasteiger partial charge in [-0.3, -0.25) is 14.4 Å². The van der Waals surface area contributed by atoms with Crippen LogP contribution < -0.4 is 26.4 Å². The molecule has 0 aliphatic carbocycles. The Balaban J connectivity index is 1.69. The Hall–Kier alpha value is -3.66. The highest BCUT2D eigenvalue weighted by Gasteiger charge is 2.65. The summed E-state index contributed by atoms with van der Waals surface area (Å²) in [6, 6.07) is 12.1. The second-order valence-corrected chi connectivity index (χ2v) is 12.8. The normalized spacial score (nSPS) is 23.0. The molecule has 2 heterocycles. The molecule has 1 fully saturated rings. The third kappa shape index (κ3) is 5.21. The van der Waals surface area contributed by atoms with Gasteiger partial charge in [0.15, 0.2) is 0 Å². The molecule has 0 saturated carbocycles. The Bertz CT molecular complexity index is 1590. The maximum absolute atomic E-state index is 14.9. The van der Waals surface area contributed by atoms with Crippen molar-refractivity contribution in [3.63, 3.8) is 0 Å². The summed E-state index contributed by atoms with van der Waals surface area (Å²) in [4.78, 5) is 40.1. The average Bonchev–Trinajstić information content (AvgIpc) is 3.37. The zero-order valence-electron chi connectivity index (χ0n) is 23.5. The Labute approximate surface area is 253 Å². The van der Waals surface area contributed by atoms with Gasteiger partial charge in [0.2, 0.25) is 17.7 Å². The number of primary amides is 1. The largest absolute Gasteiger partial charge is 0.495 e. The number of carbonyl (C=O) groups is 3. The van der Waals surface area contributed by atoms with Crippen LogP contribution in [-0.2, 0) is 15.0 Å². The Morgan fingerprint density at radius 1 is 1.07 bits per heavy atom. The van der Waals surface area contributed by atoms with E-state index in [9.17, 15) is 18.8 Å². The lowest BCUT2D eigenvalue weighted by Crippen LogP contribution is -2.49. The van der Waals surface area contributed by atoms with Crippen LogP contribution in [0.25, 0.3) is 0 Å². The van der Waals surface area contributed by atoms with E-state index in [-0.39, 0.29) is 27.7 Å². The molecule has 1 saturated heterocycles. The van der Waals surface area contributed by atoms with Gasteiger partial charge in [0.05, 0.1) is 18.8 Å². The number of hydrogen-bond donors (Lipinski definition) is 4. The molecule has 0 radical (unpaired) electrons. The minimum Gasteiger partial charge on any atom is -0.495 e. The van der Waals surface area contributed by atoms with Gasteiger partial charge in [-0.15, -0.1) is 0 Å². The van der Waals surface area contributed by atoms with E-state index >= 15 is 0 Å². The molecule has 5 rings (SSSR count). The second-order valence-electron chi connectivity index (χ2n) is 11.9. The van der Waals surface area contributed by atoms with Crippen molar-refractivity contribution < 1.29 is 23.5 Å². The number of halogens is 3. The number of hydrogen-bond acceptors (Lipinski definition) is 5. The number of ether oxygens (including phenoxy) is 1. The number of nitrogens with one attached hydrogen (secondary N) is 3. The third-order valence-electron chi connectivity index (χ3n) is 7.89.